The van der Waals surface area contributed by atoms with E-state index >= 15 is 0 Å². The summed E-state index contributed by atoms with van der Waals surface area (Å²) in [5.41, 5.74) is 5.18. The van der Waals surface area contributed by atoms with Gasteiger partial charge in [0.1, 0.15) is 0 Å². The second kappa shape index (κ2) is 12.0. The van der Waals surface area contributed by atoms with Gasteiger partial charge in [0.2, 0.25) is 0 Å². The summed E-state index contributed by atoms with van der Waals surface area (Å²) in [6.45, 7) is 5.43. The number of nitrogens with one attached hydrogen (secondary N) is 1. The maximum Gasteiger partial charge on any atom is 0.338 e. The highest BCUT2D eigenvalue weighted by molar-refractivity contribution is 5.97. The van der Waals surface area contributed by atoms with Gasteiger partial charge < -0.3 is 10.1 Å². The van der Waals surface area contributed by atoms with Crippen LogP contribution >= 0.6 is 0 Å². The van der Waals surface area contributed by atoms with Crippen LogP contribution in [0.5, 0.6) is 0 Å². The van der Waals surface area contributed by atoms with E-state index in [0.717, 1.165) is 30.0 Å². The molecule has 1 N–H and O–H groups in total. The fourth-order valence-corrected chi connectivity index (χ4v) is 4.94. The van der Waals surface area contributed by atoms with Crippen molar-refractivity contribution in [2.45, 2.75) is 77.7 Å². The fourth-order valence-electron chi connectivity index (χ4n) is 4.94. The molecule has 0 bridgehead atoms. The van der Waals surface area contributed by atoms with Crippen LogP contribution in [0.4, 0.5) is 0 Å². The Labute approximate surface area is 188 Å². The molecule has 1 atom stereocenters. The van der Waals surface area contributed by atoms with Crippen LogP contribution in [-0.2, 0) is 11.2 Å². The van der Waals surface area contributed by atoms with Crippen LogP contribution < -0.4 is 5.32 Å². The molecule has 0 aromatic heterocycles. The summed E-state index contributed by atoms with van der Waals surface area (Å²) in [5.74, 6) is 0.572. The largest absolute Gasteiger partial charge is 0.465 e. The number of hydrogen-bond acceptors (Lipinski definition) is 3. The number of hydrogen-bond donors (Lipinski definition) is 1. The second-order valence-electron chi connectivity index (χ2n) is 9.13. The van der Waals surface area contributed by atoms with Gasteiger partial charge in [-0.1, -0.05) is 81.8 Å². The first-order valence-corrected chi connectivity index (χ1v) is 12.1. The molecule has 0 heterocycles. The van der Waals surface area contributed by atoms with Gasteiger partial charge in [-0.15, -0.1) is 0 Å². The number of benzene rings is 2. The number of carbonyl (C=O) groups excluding carboxylic acids is 1. The van der Waals surface area contributed by atoms with Crippen molar-refractivity contribution in [2.24, 2.45) is 5.92 Å². The van der Waals surface area contributed by atoms with Crippen LogP contribution in [0.2, 0.25) is 0 Å². The molecule has 0 spiro atoms. The van der Waals surface area contributed by atoms with Crippen LogP contribution in [0.25, 0.3) is 11.1 Å². The Morgan fingerprint density at radius 1 is 1.10 bits per heavy atom. The molecular weight excluding hydrogens is 382 g/mol. The molecule has 2 aromatic carbocycles. The molecule has 3 nitrogen and oxygen atoms in total. The summed E-state index contributed by atoms with van der Waals surface area (Å²) in [4.78, 5) is 12.5. The van der Waals surface area contributed by atoms with E-state index in [1.54, 1.807) is 0 Å². The van der Waals surface area contributed by atoms with Crippen molar-refractivity contribution in [1.82, 2.24) is 5.32 Å². The standard InChI is InChI=1S/C28H39NO2/c1-4-5-17-29-24(18-22-12-7-6-8-13-22)19-23-15-16-26(28(30)31-3)27(20-23)25-14-10-9-11-21(25)2/h9-11,14-16,20,22,24,29H,4-8,12-13,17-19H2,1-3H3. The number of carbonyl (C=O) groups is 1. The molecule has 1 aliphatic rings. The Kier molecular flexibility index (Phi) is 9.14. The van der Waals surface area contributed by atoms with Crippen molar-refractivity contribution in [3.8, 4) is 11.1 Å². The van der Waals surface area contributed by atoms with Gasteiger partial charge in [0, 0.05) is 6.04 Å². The quantitative estimate of drug-likeness (QED) is 0.342. The van der Waals surface area contributed by atoms with E-state index in [0.29, 0.717) is 11.6 Å². The van der Waals surface area contributed by atoms with Crippen molar-refractivity contribution < 1.29 is 9.53 Å². The Morgan fingerprint density at radius 3 is 2.58 bits per heavy atom. The molecule has 168 valence electrons. The van der Waals surface area contributed by atoms with E-state index in [1.165, 1.54) is 69.6 Å². The monoisotopic (exact) mass is 421 g/mol. The summed E-state index contributed by atoms with van der Waals surface area (Å²) in [6, 6.07) is 15.0. The lowest BCUT2D eigenvalue weighted by atomic mass is 9.83. The second-order valence-corrected chi connectivity index (χ2v) is 9.13. The van der Waals surface area contributed by atoms with Gasteiger partial charge in [0.15, 0.2) is 0 Å². The van der Waals surface area contributed by atoms with Gasteiger partial charge in [-0.2, -0.15) is 0 Å². The maximum absolute atomic E-state index is 12.5. The van der Waals surface area contributed by atoms with Crippen molar-refractivity contribution >= 4 is 5.97 Å². The number of ether oxygens (including phenoxy) is 1. The first kappa shape index (κ1) is 23.5. The average molecular weight is 422 g/mol. The Morgan fingerprint density at radius 2 is 1.87 bits per heavy atom. The topological polar surface area (TPSA) is 38.3 Å². The normalized spacial score (nSPS) is 15.6. The third-order valence-electron chi connectivity index (χ3n) is 6.71. The molecule has 31 heavy (non-hydrogen) atoms. The van der Waals surface area contributed by atoms with Crippen LogP contribution in [0.1, 0.15) is 79.8 Å². The third kappa shape index (κ3) is 6.67. The smallest absolute Gasteiger partial charge is 0.338 e. The van der Waals surface area contributed by atoms with Gasteiger partial charge in [0.05, 0.1) is 12.7 Å². The Bertz CT molecular complexity index is 839. The zero-order valence-corrected chi connectivity index (χ0v) is 19.6. The minimum atomic E-state index is -0.273. The van der Waals surface area contributed by atoms with Crippen LogP contribution in [-0.4, -0.2) is 25.7 Å². The number of esters is 1. The van der Waals surface area contributed by atoms with E-state index in [1.807, 2.05) is 18.2 Å². The lowest BCUT2D eigenvalue weighted by Gasteiger charge is -2.28. The van der Waals surface area contributed by atoms with E-state index in [9.17, 15) is 4.79 Å². The minimum absolute atomic E-state index is 0.273. The summed E-state index contributed by atoms with van der Waals surface area (Å²) in [5, 5.41) is 3.84. The maximum atomic E-state index is 12.5. The molecule has 2 aromatic rings. The zero-order chi connectivity index (χ0) is 22.1. The summed E-state index contributed by atoms with van der Waals surface area (Å²) < 4.78 is 5.07. The minimum Gasteiger partial charge on any atom is -0.465 e. The Balaban J connectivity index is 1.85. The lowest BCUT2D eigenvalue weighted by molar-refractivity contribution is 0.0601. The predicted molar refractivity (Wildman–Crippen MR) is 130 cm³/mol. The number of unbranched alkanes of at least 4 members (excludes halogenated alkanes) is 1. The number of rotatable bonds is 10. The molecule has 0 aliphatic heterocycles. The highest BCUT2D eigenvalue weighted by atomic mass is 16.5. The predicted octanol–water partition coefficient (Wildman–Crippen LogP) is 6.72. The molecule has 1 fully saturated rings. The molecule has 0 radical (unpaired) electrons. The van der Waals surface area contributed by atoms with E-state index in [4.69, 9.17) is 4.74 Å². The van der Waals surface area contributed by atoms with Gasteiger partial charge >= 0.3 is 5.97 Å². The Hall–Kier alpha value is -2.13. The van der Waals surface area contributed by atoms with Gasteiger partial charge in [-0.3, -0.25) is 0 Å². The number of methoxy groups -OCH3 is 1. The average Bonchev–Trinajstić information content (AvgIpc) is 2.79. The fraction of sp³-hybridized carbons (Fsp3) is 0.536. The van der Waals surface area contributed by atoms with Crippen molar-refractivity contribution in [3.63, 3.8) is 0 Å². The summed E-state index contributed by atoms with van der Waals surface area (Å²) in [6.07, 6.45) is 11.6. The summed E-state index contributed by atoms with van der Waals surface area (Å²) in [7, 11) is 1.45. The highest BCUT2D eigenvalue weighted by Gasteiger charge is 2.21. The lowest BCUT2D eigenvalue weighted by Crippen LogP contribution is -2.34. The summed E-state index contributed by atoms with van der Waals surface area (Å²) >= 11 is 0. The van der Waals surface area contributed by atoms with Crippen LogP contribution in [0.3, 0.4) is 0 Å². The molecule has 1 saturated carbocycles. The third-order valence-corrected chi connectivity index (χ3v) is 6.71. The molecule has 1 unspecified atom stereocenters. The van der Waals surface area contributed by atoms with Crippen molar-refractivity contribution in [3.05, 3.63) is 59.2 Å². The van der Waals surface area contributed by atoms with Crippen LogP contribution in [0.15, 0.2) is 42.5 Å². The molecule has 3 rings (SSSR count). The van der Waals surface area contributed by atoms with E-state index in [-0.39, 0.29) is 5.97 Å². The first-order chi connectivity index (χ1) is 15.1. The van der Waals surface area contributed by atoms with E-state index < -0.39 is 0 Å². The van der Waals surface area contributed by atoms with Gasteiger partial charge in [-0.05, 0) is 67.0 Å². The van der Waals surface area contributed by atoms with Crippen molar-refractivity contribution in [2.75, 3.05) is 13.7 Å². The molecule has 3 heteroatoms. The van der Waals surface area contributed by atoms with Crippen LogP contribution in [0, 0.1) is 12.8 Å². The van der Waals surface area contributed by atoms with E-state index in [2.05, 4.69) is 43.4 Å². The highest BCUT2D eigenvalue weighted by Crippen LogP contribution is 2.31. The number of aryl methyl sites for hydroxylation is 1. The van der Waals surface area contributed by atoms with Gasteiger partial charge in [-0.25, -0.2) is 4.79 Å². The van der Waals surface area contributed by atoms with Crippen molar-refractivity contribution in [1.29, 1.82) is 0 Å². The molecule has 0 saturated heterocycles. The zero-order valence-electron chi connectivity index (χ0n) is 19.6. The molecule has 0 amide bonds. The molecular formula is C28H39NO2. The molecule has 1 aliphatic carbocycles. The SMILES string of the molecule is CCCCNC(Cc1ccc(C(=O)OC)c(-c2ccccc2C)c1)CC1CCCCC1. The van der Waals surface area contributed by atoms with Gasteiger partial charge in [0.25, 0.3) is 0 Å². The first-order valence-electron chi connectivity index (χ1n) is 12.1.